The van der Waals surface area contributed by atoms with Crippen molar-refractivity contribution in [3.05, 3.63) is 57.5 Å². The molecule has 3 aromatic rings. The molecule has 0 aliphatic carbocycles. The lowest BCUT2D eigenvalue weighted by atomic mass is 9.99. The highest BCUT2D eigenvalue weighted by molar-refractivity contribution is 7.11. The van der Waals surface area contributed by atoms with E-state index in [1.807, 2.05) is 42.6 Å². The van der Waals surface area contributed by atoms with Gasteiger partial charge in [-0.25, -0.2) is 9.78 Å². The summed E-state index contributed by atoms with van der Waals surface area (Å²) in [6.07, 6.45) is 5.27. The van der Waals surface area contributed by atoms with Gasteiger partial charge in [0.05, 0.1) is 30.7 Å². The van der Waals surface area contributed by atoms with Crippen molar-refractivity contribution >= 4 is 23.2 Å². The number of carbonyl (C=O) groups excluding carboxylic acids is 2. The summed E-state index contributed by atoms with van der Waals surface area (Å²) in [7, 11) is 1.65. The van der Waals surface area contributed by atoms with Gasteiger partial charge in [0.25, 0.3) is 5.91 Å². The van der Waals surface area contributed by atoms with E-state index in [2.05, 4.69) is 28.7 Å². The van der Waals surface area contributed by atoms with Crippen LogP contribution >= 0.6 is 11.3 Å². The van der Waals surface area contributed by atoms with E-state index in [1.165, 1.54) is 17.8 Å². The fourth-order valence-corrected chi connectivity index (χ4v) is 5.06. The van der Waals surface area contributed by atoms with E-state index in [0.717, 1.165) is 48.4 Å². The number of carbonyl (C=O) groups is 2. The maximum Gasteiger partial charge on any atom is 0.367 e. The lowest BCUT2D eigenvalue weighted by Gasteiger charge is -2.15. The lowest BCUT2D eigenvalue weighted by molar-refractivity contribution is 0.0526. The first-order chi connectivity index (χ1) is 17.9. The summed E-state index contributed by atoms with van der Waals surface area (Å²) < 4.78 is 12.5. The van der Waals surface area contributed by atoms with E-state index < -0.39 is 5.97 Å². The summed E-state index contributed by atoms with van der Waals surface area (Å²) in [5.41, 5.74) is 4.17. The Balaban J connectivity index is 1.87. The number of rotatable bonds is 14. The number of thiazole rings is 1. The van der Waals surface area contributed by atoms with E-state index in [4.69, 9.17) is 9.47 Å². The number of nitrogens with zero attached hydrogens (tertiary/aromatic N) is 2. The maximum absolute atomic E-state index is 13.3. The molecule has 0 bridgehead atoms. The molecule has 8 heteroatoms. The van der Waals surface area contributed by atoms with Crippen molar-refractivity contribution < 1.29 is 19.1 Å². The standard InChI is InChI=1S/C29H39N3O4S/c1-6-9-10-21(7-2)18-30-27(33)24-17-26(25-19-37-28(31-25)29(34)36-8-3)32(20(24)4)16-15-22-11-13-23(35-5)14-12-22/h11-14,17,19,21H,6-10,15-16,18H2,1-5H3,(H,30,33). The fourth-order valence-electron chi connectivity index (χ4n) is 4.36. The Hall–Kier alpha value is -3.13. The van der Waals surface area contributed by atoms with Crippen LogP contribution in [-0.4, -0.2) is 41.7 Å². The smallest absolute Gasteiger partial charge is 0.367 e. The van der Waals surface area contributed by atoms with E-state index in [9.17, 15) is 9.59 Å². The lowest BCUT2D eigenvalue weighted by Crippen LogP contribution is -2.29. The van der Waals surface area contributed by atoms with Crippen LogP contribution in [0.4, 0.5) is 0 Å². The van der Waals surface area contributed by atoms with Crippen molar-refractivity contribution in [2.45, 2.75) is 66.3 Å². The highest BCUT2D eigenvalue weighted by Crippen LogP contribution is 2.28. The molecule has 0 fully saturated rings. The molecule has 0 spiro atoms. The predicted molar refractivity (Wildman–Crippen MR) is 149 cm³/mol. The van der Waals surface area contributed by atoms with Crippen LogP contribution in [0.5, 0.6) is 5.75 Å². The molecular weight excluding hydrogens is 486 g/mol. The zero-order chi connectivity index (χ0) is 26.8. The summed E-state index contributed by atoms with van der Waals surface area (Å²) in [6.45, 7) is 9.75. The van der Waals surface area contributed by atoms with E-state index in [1.54, 1.807) is 14.0 Å². The first kappa shape index (κ1) is 28.4. The summed E-state index contributed by atoms with van der Waals surface area (Å²) in [5.74, 6) is 0.797. The number of unbranched alkanes of at least 4 members (excludes halogenated alkanes) is 1. The monoisotopic (exact) mass is 525 g/mol. The number of hydrogen-bond donors (Lipinski definition) is 1. The Labute approximate surface area is 224 Å². The molecule has 1 atom stereocenters. The van der Waals surface area contributed by atoms with Crippen LogP contribution in [0.25, 0.3) is 11.4 Å². The van der Waals surface area contributed by atoms with E-state index in [-0.39, 0.29) is 5.91 Å². The summed E-state index contributed by atoms with van der Waals surface area (Å²) >= 11 is 1.25. The molecule has 200 valence electrons. The number of methoxy groups -OCH3 is 1. The van der Waals surface area contributed by atoms with Gasteiger partial charge in [-0.1, -0.05) is 45.2 Å². The average Bonchev–Trinajstić information content (AvgIpc) is 3.53. The molecule has 0 saturated heterocycles. The van der Waals surface area contributed by atoms with Gasteiger partial charge in [0.15, 0.2) is 0 Å². The summed E-state index contributed by atoms with van der Waals surface area (Å²) in [6, 6.07) is 9.90. The Kier molecular flexibility index (Phi) is 10.7. The highest BCUT2D eigenvalue weighted by Gasteiger charge is 2.22. The number of hydrogen-bond acceptors (Lipinski definition) is 6. The second-order valence-electron chi connectivity index (χ2n) is 9.16. The van der Waals surface area contributed by atoms with Crippen LogP contribution < -0.4 is 10.1 Å². The summed E-state index contributed by atoms with van der Waals surface area (Å²) in [5, 5.41) is 5.32. The molecule has 1 N–H and O–H groups in total. The molecule has 0 saturated carbocycles. The molecule has 2 aromatic heterocycles. The summed E-state index contributed by atoms with van der Waals surface area (Å²) in [4.78, 5) is 30.0. The first-order valence-electron chi connectivity index (χ1n) is 13.2. The fraction of sp³-hybridized carbons (Fsp3) is 0.483. The molecule has 37 heavy (non-hydrogen) atoms. The van der Waals surface area contributed by atoms with Crippen molar-refractivity contribution in [1.29, 1.82) is 0 Å². The normalized spacial score (nSPS) is 11.8. The van der Waals surface area contributed by atoms with Gasteiger partial charge in [0, 0.05) is 24.2 Å². The average molecular weight is 526 g/mol. The Morgan fingerprint density at radius 3 is 2.57 bits per heavy atom. The van der Waals surface area contributed by atoms with Gasteiger partial charge in [0.1, 0.15) is 5.75 Å². The highest BCUT2D eigenvalue weighted by atomic mass is 32.1. The topological polar surface area (TPSA) is 82.5 Å². The number of aryl methyl sites for hydroxylation is 1. The van der Waals surface area contributed by atoms with Gasteiger partial charge >= 0.3 is 5.97 Å². The van der Waals surface area contributed by atoms with Crippen LogP contribution in [-0.2, 0) is 17.7 Å². The van der Waals surface area contributed by atoms with Crippen molar-refractivity contribution in [2.24, 2.45) is 5.92 Å². The van der Waals surface area contributed by atoms with Crippen LogP contribution in [0.15, 0.2) is 35.7 Å². The van der Waals surface area contributed by atoms with Gasteiger partial charge in [-0.15, -0.1) is 11.3 Å². The molecule has 2 heterocycles. The quantitative estimate of drug-likeness (QED) is 0.250. The minimum absolute atomic E-state index is 0.0715. The van der Waals surface area contributed by atoms with Crippen LogP contribution in [0, 0.1) is 12.8 Å². The Bertz CT molecular complexity index is 1170. The van der Waals surface area contributed by atoms with E-state index in [0.29, 0.717) is 41.9 Å². The Morgan fingerprint density at radius 1 is 1.16 bits per heavy atom. The molecule has 7 nitrogen and oxygen atoms in total. The molecule has 0 aliphatic heterocycles. The van der Waals surface area contributed by atoms with E-state index >= 15 is 0 Å². The molecule has 3 rings (SSSR count). The van der Waals surface area contributed by atoms with Gasteiger partial charge in [-0.2, -0.15) is 0 Å². The number of benzene rings is 1. The number of ether oxygens (including phenoxy) is 2. The minimum Gasteiger partial charge on any atom is -0.497 e. The number of esters is 1. The molecule has 0 aliphatic rings. The predicted octanol–water partition coefficient (Wildman–Crippen LogP) is 6.29. The van der Waals surface area contributed by atoms with Gasteiger partial charge < -0.3 is 19.4 Å². The SMILES string of the molecule is CCCCC(CC)CNC(=O)c1cc(-c2csc(C(=O)OCC)n2)n(CCc2ccc(OC)cc2)c1C. The molecule has 1 unspecified atom stereocenters. The van der Waals surface area contributed by atoms with Crippen LogP contribution in [0.1, 0.15) is 77.9 Å². The molecular formula is C29H39N3O4S. The third kappa shape index (κ3) is 7.44. The number of amides is 1. The Morgan fingerprint density at radius 2 is 1.92 bits per heavy atom. The zero-order valence-corrected chi connectivity index (χ0v) is 23.5. The largest absolute Gasteiger partial charge is 0.497 e. The van der Waals surface area contributed by atoms with Gasteiger partial charge in [-0.3, -0.25) is 4.79 Å². The molecule has 0 radical (unpaired) electrons. The van der Waals surface area contributed by atoms with Crippen molar-refractivity contribution in [1.82, 2.24) is 14.9 Å². The second kappa shape index (κ2) is 14.0. The van der Waals surface area contributed by atoms with Gasteiger partial charge in [0.2, 0.25) is 5.01 Å². The first-order valence-corrected chi connectivity index (χ1v) is 14.0. The molecule has 1 aromatic carbocycles. The second-order valence-corrected chi connectivity index (χ2v) is 10.0. The van der Waals surface area contributed by atoms with Crippen molar-refractivity contribution in [3.8, 4) is 17.1 Å². The number of nitrogens with one attached hydrogen (secondary N) is 1. The third-order valence-corrected chi connectivity index (χ3v) is 7.53. The maximum atomic E-state index is 13.3. The van der Waals surface area contributed by atoms with Crippen LogP contribution in [0.3, 0.4) is 0 Å². The number of aromatic nitrogens is 2. The van der Waals surface area contributed by atoms with Gasteiger partial charge in [-0.05, 0) is 56.4 Å². The van der Waals surface area contributed by atoms with Crippen LogP contribution in [0.2, 0.25) is 0 Å². The van der Waals surface area contributed by atoms with Crippen molar-refractivity contribution in [3.63, 3.8) is 0 Å². The minimum atomic E-state index is -0.428. The third-order valence-electron chi connectivity index (χ3n) is 6.71. The molecule has 1 amide bonds. The van der Waals surface area contributed by atoms with Crippen molar-refractivity contribution in [2.75, 3.05) is 20.3 Å². The zero-order valence-electron chi connectivity index (χ0n) is 22.6.